The molecule has 0 aliphatic carbocycles. The van der Waals surface area contributed by atoms with Crippen LogP contribution in [0.2, 0.25) is 0 Å². The minimum atomic E-state index is 0.605. The highest BCUT2D eigenvalue weighted by molar-refractivity contribution is 5.71. The zero-order chi connectivity index (χ0) is 18.8. The Kier molecular flexibility index (Phi) is 4.07. The van der Waals surface area contributed by atoms with Crippen molar-refractivity contribution in [1.82, 2.24) is 9.97 Å². The van der Waals surface area contributed by atoms with E-state index in [2.05, 4.69) is 9.97 Å². The predicted molar refractivity (Wildman–Crippen MR) is 108 cm³/mol. The molecule has 5 aromatic rings. The highest BCUT2D eigenvalue weighted by Gasteiger charge is 2.12. The summed E-state index contributed by atoms with van der Waals surface area (Å²) in [5.41, 5.74) is 5.41. The van der Waals surface area contributed by atoms with Gasteiger partial charge in [-0.05, 0) is 30.3 Å². The second-order valence-corrected chi connectivity index (χ2v) is 6.39. The summed E-state index contributed by atoms with van der Waals surface area (Å²) in [4.78, 5) is 9.26. The van der Waals surface area contributed by atoms with Crippen LogP contribution in [0.4, 0.5) is 0 Å². The lowest BCUT2D eigenvalue weighted by atomic mass is 10.1. The molecule has 5 rings (SSSR count). The van der Waals surface area contributed by atoms with E-state index in [9.17, 15) is 0 Å². The van der Waals surface area contributed by atoms with E-state index in [1.807, 2.05) is 84.9 Å². The zero-order valence-electron chi connectivity index (χ0n) is 14.9. The molecule has 4 nitrogen and oxygen atoms in total. The molecule has 0 atom stereocenters. The number of nitrogens with zero attached hydrogens (tertiary/aromatic N) is 2. The molecule has 0 N–H and O–H groups in total. The average Bonchev–Trinajstić information content (AvgIpc) is 3.46. The number of benzene rings is 3. The Labute approximate surface area is 162 Å². The maximum Gasteiger partial charge on any atom is 0.226 e. The first-order valence-electron chi connectivity index (χ1n) is 8.99. The van der Waals surface area contributed by atoms with Gasteiger partial charge >= 0.3 is 0 Å². The molecule has 2 aromatic heterocycles. The van der Waals surface area contributed by atoms with Crippen LogP contribution < -0.4 is 0 Å². The van der Waals surface area contributed by atoms with Gasteiger partial charge < -0.3 is 8.83 Å². The van der Waals surface area contributed by atoms with E-state index in [4.69, 9.17) is 8.83 Å². The molecule has 0 aliphatic heterocycles. The van der Waals surface area contributed by atoms with Gasteiger partial charge in [-0.2, -0.15) is 0 Å². The summed E-state index contributed by atoms with van der Waals surface area (Å²) >= 11 is 0. The van der Waals surface area contributed by atoms with Crippen LogP contribution in [0.1, 0.15) is 0 Å². The molecule has 0 amide bonds. The molecular formula is C24H16N2O2. The van der Waals surface area contributed by atoms with Gasteiger partial charge in [0, 0.05) is 22.3 Å². The van der Waals surface area contributed by atoms with Gasteiger partial charge in [-0.25, -0.2) is 9.97 Å². The summed E-state index contributed by atoms with van der Waals surface area (Å²) in [5.74, 6) is 1.21. The molecule has 0 aliphatic rings. The van der Waals surface area contributed by atoms with Crippen LogP contribution in [-0.4, -0.2) is 9.97 Å². The number of hydrogen-bond acceptors (Lipinski definition) is 4. The Morgan fingerprint density at radius 2 is 0.893 bits per heavy atom. The second kappa shape index (κ2) is 7.00. The smallest absolute Gasteiger partial charge is 0.226 e. The highest BCUT2D eigenvalue weighted by Crippen LogP contribution is 2.29. The normalized spacial score (nSPS) is 10.9. The van der Waals surface area contributed by atoms with Crippen molar-refractivity contribution >= 4 is 0 Å². The van der Waals surface area contributed by atoms with Crippen LogP contribution in [0.5, 0.6) is 0 Å². The van der Waals surface area contributed by atoms with Crippen LogP contribution in [0.3, 0.4) is 0 Å². The summed E-state index contributed by atoms with van der Waals surface area (Å²) in [5, 5.41) is 0. The Morgan fingerprint density at radius 1 is 0.464 bits per heavy atom. The molecule has 134 valence electrons. The number of aromatic nitrogens is 2. The van der Waals surface area contributed by atoms with E-state index in [0.29, 0.717) is 11.8 Å². The maximum absolute atomic E-state index is 5.67. The third-order valence-corrected chi connectivity index (χ3v) is 4.50. The van der Waals surface area contributed by atoms with Crippen molar-refractivity contribution in [3.8, 4) is 45.4 Å². The van der Waals surface area contributed by atoms with Gasteiger partial charge in [0.25, 0.3) is 0 Å². The van der Waals surface area contributed by atoms with Gasteiger partial charge in [-0.15, -0.1) is 0 Å². The summed E-state index contributed by atoms with van der Waals surface area (Å²) < 4.78 is 11.3. The zero-order valence-corrected chi connectivity index (χ0v) is 14.9. The Balaban J connectivity index is 1.46. The molecule has 0 spiro atoms. The van der Waals surface area contributed by atoms with E-state index >= 15 is 0 Å². The van der Waals surface area contributed by atoms with Crippen molar-refractivity contribution in [2.75, 3.05) is 0 Å². The number of oxazole rings is 2. The van der Waals surface area contributed by atoms with Gasteiger partial charge in [-0.3, -0.25) is 0 Å². The molecular weight excluding hydrogens is 348 g/mol. The predicted octanol–water partition coefficient (Wildman–Crippen LogP) is 6.33. The molecule has 0 radical (unpaired) electrons. The molecule has 28 heavy (non-hydrogen) atoms. The number of hydrogen-bond donors (Lipinski definition) is 0. The fourth-order valence-electron chi connectivity index (χ4n) is 3.08. The minimum Gasteiger partial charge on any atom is -0.444 e. The van der Waals surface area contributed by atoms with Gasteiger partial charge in [0.2, 0.25) is 11.8 Å². The van der Waals surface area contributed by atoms with Crippen LogP contribution in [0.25, 0.3) is 45.4 Å². The van der Waals surface area contributed by atoms with Crippen LogP contribution in [0, 0.1) is 0 Å². The monoisotopic (exact) mass is 364 g/mol. The molecule has 0 fully saturated rings. The van der Waals surface area contributed by atoms with E-state index in [0.717, 1.165) is 33.6 Å². The Bertz CT molecular complexity index is 1110. The van der Waals surface area contributed by atoms with Gasteiger partial charge in [0.15, 0.2) is 0 Å². The molecule has 3 aromatic carbocycles. The lowest BCUT2D eigenvalue weighted by Crippen LogP contribution is -1.83. The first-order valence-corrected chi connectivity index (χ1v) is 8.99. The van der Waals surface area contributed by atoms with E-state index in [1.54, 1.807) is 12.5 Å². The second-order valence-electron chi connectivity index (χ2n) is 6.39. The third kappa shape index (κ3) is 3.12. The number of rotatable bonds is 4. The quantitative estimate of drug-likeness (QED) is 0.374. The topological polar surface area (TPSA) is 52.1 Å². The van der Waals surface area contributed by atoms with Crippen molar-refractivity contribution in [3.63, 3.8) is 0 Å². The average molecular weight is 364 g/mol. The molecule has 0 saturated heterocycles. The minimum absolute atomic E-state index is 0.605. The van der Waals surface area contributed by atoms with Crippen LogP contribution in [-0.2, 0) is 0 Å². The first kappa shape index (κ1) is 16.3. The largest absolute Gasteiger partial charge is 0.444 e. The standard InChI is InChI=1S/C24H16N2O2/c1-3-8-17(9-4-1)23-25-21(15-27-23)19-12-7-13-20(14-19)22-16-28-24(26-22)18-10-5-2-6-11-18/h1-16H. The highest BCUT2D eigenvalue weighted by atomic mass is 16.3. The van der Waals surface area contributed by atoms with Gasteiger partial charge in [0.1, 0.15) is 23.9 Å². The molecule has 0 unspecified atom stereocenters. The van der Waals surface area contributed by atoms with Gasteiger partial charge in [-0.1, -0.05) is 54.6 Å². The molecule has 0 saturated carbocycles. The summed E-state index contributed by atoms with van der Waals surface area (Å²) in [6.45, 7) is 0. The van der Waals surface area contributed by atoms with Crippen molar-refractivity contribution in [1.29, 1.82) is 0 Å². The van der Waals surface area contributed by atoms with E-state index < -0.39 is 0 Å². The fraction of sp³-hybridized carbons (Fsp3) is 0. The molecule has 4 heteroatoms. The lowest BCUT2D eigenvalue weighted by molar-refractivity contribution is 0.575. The lowest BCUT2D eigenvalue weighted by Gasteiger charge is -2.00. The van der Waals surface area contributed by atoms with Crippen LogP contribution >= 0.6 is 0 Å². The van der Waals surface area contributed by atoms with Gasteiger partial charge in [0.05, 0.1) is 0 Å². The Hall–Kier alpha value is -3.92. The van der Waals surface area contributed by atoms with Crippen molar-refractivity contribution in [2.45, 2.75) is 0 Å². The molecule has 0 bridgehead atoms. The van der Waals surface area contributed by atoms with Crippen molar-refractivity contribution in [2.24, 2.45) is 0 Å². The van der Waals surface area contributed by atoms with Crippen molar-refractivity contribution < 1.29 is 8.83 Å². The summed E-state index contributed by atoms with van der Waals surface area (Å²) in [7, 11) is 0. The van der Waals surface area contributed by atoms with E-state index in [1.165, 1.54) is 0 Å². The maximum atomic E-state index is 5.67. The SMILES string of the molecule is c1ccc(-c2nc(-c3cccc(-c4coc(-c5ccccc5)n4)c3)co2)cc1. The van der Waals surface area contributed by atoms with E-state index in [-0.39, 0.29) is 0 Å². The summed E-state index contributed by atoms with van der Waals surface area (Å²) in [6.07, 6.45) is 3.36. The third-order valence-electron chi connectivity index (χ3n) is 4.50. The van der Waals surface area contributed by atoms with Crippen LogP contribution in [0.15, 0.2) is 106 Å². The fourth-order valence-corrected chi connectivity index (χ4v) is 3.08. The summed E-state index contributed by atoms with van der Waals surface area (Å²) in [6, 6.07) is 27.8. The molecule has 2 heterocycles. The Morgan fingerprint density at radius 3 is 1.36 bits per heavy atom. The van der Waals surface area contributed by atoms with Crippen molar-refractivity contribution in [3.05, 3.63) is 97.5 Å². The first-order chi connectivity index (χ1) is 13.9.